The lowest BCUT2D eigenvalue weighted by Crippen LogP contribution is -2.29. The lowest BCUT2D eigenvalue weighted by molar-refractivity contribution is -0.154. The second kappa shape index (κ2) is 8.06. The number of hydrazine groups is 1. The molecule has 0 fully saturated rings. The van der Waals surface area contributed by atoms with Gasteiger partial charge < -0.3 is 4.74 Å². The van der Waals surface area contributed by atoms with Crippen molar-refractivity contribution in [3.8, 4) is 0 Å². The van der Waals surface area contributed by atoms with Crippen LogP contribution in [0.3, 0.4) is 0 Å². The molecule has 0 aliphatic heterocycles. The molecule has 0 aliphatic carbocycles. The minimum absolute atomic E-state index is 0.142. The van der Waals surface area contributed by atoms with E-state index in [1.165, 1.54) is 0 Å². The van der Waals surface area contributed by atoms with Crippen LogP contribution < -0.4 is 11.3 Å². The molecular formula is C12H24N2O3. The molecule has 3 N–H and O–H groups in total. The topological polar surface area (TPSA) is 81.4 Å². The summed E-state index contributed by atoms with van der Waals surface area (Å²) in [5, 5.41) is 0. The molecule has 5 nitrogen and oxygen atoms in total. The van der Waals surface area contributed by atoms with Crippen LogP contribution in [0.15, 0.2) is 0 Å². The predicted octanol–water partition coefficient (Wildman–Crippen LogP) is 1.66. The maximum Gasteiger partial charge on any atom is 0.306 e. The van der Waals surface area contributed by atoms with Gasteiger partial charge in [0.2, 0.25) is 5.91 Å². The van der Waals surface area contributed by atoms with Gasteiger partial charge in [-0.1, -0.05) is 12.8 Å². The Labute approximate surface area is 103 Å². The van der Waals surface area contributed by atoms with Gasteiger partial charge in [0.15, 0.2) is 0 Å². The first-order valence-electron chi connectivity index (χ1n) is 6.06. The third-order valence-corrected chi connectivity index (χ3v) is 2.12. The van der Waals surface area contributed by atoms with Gasteiger partial charge >= 0.3 is 5.97 Å². The molecule has 0 aliphatic rings. The Hall–Kier alpha value is -1.10. The van der Waals surface area contributed by atoms with Crippen molar-refractivity contribution >= 4 is 11.9 Å². The van der Waals surface area contributed by atoms with Crippen molar-refractivity contribution < 1.29 is 14.3 Å². The number of carbonyl (C=O) groups is 2. The highest BCUT2D eigenvalue weighted by Crippen LogP contribution is 2.11. The molecule has 1 amide bonds. The van der Waals surface area contributed by atoms with E-state index in [1.807, 2.05) is 20.8 Å². The minimum atomic E-state index is -0.406. The average molecular weight is 244 g/mol. The quantitative estimate of drug-likeness (QED) is 0.234. The molecule has 5 heteroatoms. The highest BCUT2D eigenvalue weighted by molar-refractivity contribution is 5.75. The van der Waals surface area contributed by atoms with Gasteiger partial charge in [0, 0.05) is 12.8 Å². The fourth-order valence-electron chi connectivity index (χ4n) is 1.37. The molecule has 0 heterocycles. The van der Waals surface area contributed by atoms with E-state index in [4.69, 9.17) is 10.6 Å². The van der Waals surface area contributed by atoms with Gasteiger partial charge in [0.25, 0.3) is 0 Å². The standard InChI is InChI=1S/C12H24N2O3/c1-12(2,3)17-11(16)9-7-5-4-6-8-10(15)14-13/h4-9,13H2,1-3H3,(H,14,15). The van der Waals surface area contributed by atoms with E-state index in [1.54, 1.807) is 0 Å². The van der Waals surface area contributed by atoms with Crippen LogP contribution in [0, 0.1) is 0 Å². The maximum absolute atomic E-state index is 11.3. The van der Waals surface area contributed by atoms with Gasteiger partial charge in [-0.2, -0.15) is 0 Å². The van der Waals surface area contributed by atoms with Crippen molar-refractivity contribution in [1.82, 2.24) is 5.43 Å². The first-order chi connectivity index (χ1) is 7.85. The van der Waals surface area contributed by atoms with Gasteiger partial charge in [-0.05, 0) is 33.6 Å². The van der Waals surface area contributed by atoms with Gasteiger partial charge in [0.1, 0.15) is 5.60 Å². The lowest BCUT2D eigenvalue weighted by Gasteiger charge is -2.19. The molecule has 0 aromatic carbocycles. The van der Waals surface area contributed by atoms with E-state index in [-0.39, 0.29) is 11.9 Å². The summed E-state index contributed by atoms with van der Waals surface area (Å²) < 4.78 is 5.18. The predicted molar refractivity (Wildman–Crippen MR) is 65.9 cm³/mol. The van der Waals surface area contributed by atoms with Crippen LogP contribution in [-0.4, -0.2) is 17.5 Å². The summed E-state index contributed by atoms with van der Waals surface area (Å²) in [6, 6.07) is 0. The van der Waals surface area contributed by atoms with Crippen LogP contribution >= 0.6 is 0 Å². The monoisotopic (exact) mass is 244 g/mol. The molecule has 0 unspecified atom stereocenters. The highest BCUT2D eigenvalue weighted by Gasteiger charge is 2.15. The molecule has 0 saturated carbocycles. The Kier molecular flexibility index (Phi) is 7.54. The van der Waals surface area contributed by atoms with Gasteiger partial charge in [-0.15, -0.1) is 0 Å². The van der Waals surface area contributed by atoms with Crippen LogP contribution in [-0.2, 0) is 14.3 Å². The zero-order valence-corrected chi connectivity index (χ0v) is 11.0. The van der Waals surface area contributed by atoms with Crippen LogP contribution in [0.1, 0.15) is 59.3 Å². The summed E-state index contributed by atoms with van der Waals surface area (Å²) in [6.45, 7) is 5.57. The Bertz CT molecular complexity index is 247. The molecule has 0 aromatic rings. The SMILES string of the molecule is CC(C)(C)OC(=O)CCCCCCC(=O)NN. The molecule has 100 valence electrons. The van der Waals surface area contributed by atoms with Crippen molar-refractivity contribution in [3.63, 3.8) is 0 Å². The van der Waals surface area contributed by atoms with Crippen molar-refractivity contribution in [2.24, 2.45) is 5.84 Å². The molecule has 0 radical (unpaired) electrons. The first kappa shape index (κ1) is 15.9. The van der Waals surface area contributed by atoms with Crippen molar-refractivity contribution in [1.29, 1.82) is 0 Å². The van der Waals surface area contributed by atoms with Crippen LogP contribution in [0.2, 0.25) is 0 Å². The van der Waals surface area contributed by atoms with Gasteiger partial charge in [0.05, 0.1) is 0 Å². The maximum atomic E-state index is 11.3. The number of nitrogens with two attached hydrogens (primary N) is 1. The highest BCUT2D eigenvalue weighted by atomic mass is 16.6. The summed E-state index contributed by atoms with van der Waals surface area (Å²) in [7, 11) is 0. The van der Waals surface area contributed by atoms with Gasteiger partial charge in [-0.25, -0.2) is 5.84 Å². The summed E-state index contributed by atoms with van der Waals surface area (Å²) >= 11 is 0. The lowest BCUT2D eigenvalue weighted by atomic mass is 10.1. The third-order valence-electron chi connectivity index (χ3n) is 2.12. The minimum Gasteiger partial charge on any atom is -0.460 e. The number of carbonyl (C=O) groups excluding carboxylic acids is 2. The van der Waals surface area contributed by atoms with Crippen molar-refractivity contribution in [3.05, 3.63) is 0 Å². The van der Waals surface area contributed by atoms with E-state index >= 15 is 0 Å². The fraction of sp³-hybridized carbons (Fsp3) is 0.833. The second-order valence-electron chi connectivity index (χ2n) is 5.07. The molecule has 0 bridgehead atoms. The zero-order valence-electron chi connectivity index (χ0n) is 11.0. The summed E-state index contributed by atoms with van der Waals surface area (Å²) in [4.78, 5) is 22.1. The number of hydrogen-bond donors (Lipinski definition) is 2. The summed E-state index contributed by atoms with van der Waals surface area (Å²) in [5.74, 6) is 4.65. The molecule has 0 rings (SSSR count). The Morgan fingerprint density at radius 2 is 1.59 bits per heavy atom. The normalized spacial score (nSPS) is 11.1. The Morgan fingerprint density at radius 3 is 2.06 bits per heavy atom. The molecule has 17 heavy (non-hydrogen) atoms. The first-order valence-corrected chi connectivity index (χ1v) is 6.06. The van der Waals surface area contributed by atoms with E-state index in [2.05, 4.69) is 5.43 Å². The molecule has 0 aromatic heterocycles. The number of esters is 1. The number of hydrogen-bond acceptors (Lipinski definition) is 4. The number of nitrogens with one attached hydrogen (secondary N) is 1. The Balaban J connectivity index is 3.40. The number of unbranched alkanes of at least 4 members (excludes halogenated alkanes) is 3. The number of amides is 1. The third kappa shape index (κ3) is 11.2. The summed E-state index contributed by atoms with van der Waals surface area (Å²) in [5.41, 5.74) is 1.68. The second-order valence-corrected chi connectivity index (χ2v) is 5.07. The largest absolute Gasteiger partial charge is 0.460 e. The van der Waals surface area contributed by atoms with Crippen LogP contribution in [0.25, 0.3) is 0 Å². The molecule has 0 spiro atoms. The van der Waals surface area contributed by atoms with Crippen molar-refractivity contribution in [2.75, 3.05) is 0 Å². The molecule has 0 saturated heterocycles. The summed E-state index contributed by atoms with van der Waals surface area (Å²) in [6.07, 6.45) is 4.35. The van der Waals surface area contributed by atoms with Crippen molar-refractivity contribution in [2.45, 2.75) is 64.9 Å². The van der Waals surface area contributed by atoms with Crippen LogP contribution in [0.5, 0.6) is 0 Å². The Morgan fingerprint density at radius 1 is 1.06 bits per heavy atom. The van der Waals surface area contributed by atoms with Crippen LogP contribution in [0.4, 0.5) is 0 Å². The molecule has 0 atom stereocenters. The van der Waals surface area contributed by atoms with E-state index in [0.717, 1.165) is 25.7 Å². The van der Waals surface area contributed by atoms with E-state index in [9.17, 15) is 9.59 Å². The smallest absolute Gasteiger partial charge is 0.306 e. The zero-order chi connectivity index (χ0) is 13.3. The number of rotatable bonds is 7. The van der Waals surface area contributed by atoms with E-state index in [0.29, 0.717) is 12.8 Å². The average Bonchev–Trinajstić information content (AvgIpc) is 2.20. The fourth-order valence-corrected chi connectivity index (χ4v) is 1.37. The molecular weight excluding hydrogens is 220 g/mol. The van der Waals surface area contributed by atoms with E-state index < -0.39 is 5.60 Å². The number of ether oxygens (including phenoxy) is 1. The van der Waals surface area contributed by atoms with Gasteiger partial charge in [-0.3, -0.25) is 15.0 Å².